The molecule has 2 N–H and O–H groups in total. The molecule has 6 unspecified atom stereocenters. The predicted molar refractivity (Wildman–Crippen MR) is 173 cm³/mol. The van der Waals surface area contributed by atoms with Crippen LogP contribution in [-0.2, 0) is 0 Å². The van der Waals surface area contributed by atoms with Gasteiger partial charge in [0.25, 0.3) is 0 Å². The van der Waals surface area contributed by atoms with E-state index in [1.54, 1.807) is 0 Å². The van der Waals surface area contributed by atoms with E-state index in [9.17, 15) is 0 Å². The minimum Gasteiger partial charge on any atom is -0.453 e. The second kappa shape index (κ2) is 9.33. The first-order valence-corrected chi connectivity index (χ1v) is 16.1. The molecule has 1 saturated carbocycles. The third-order valence-corrected chi connectivity index (χ3v) is 11.1. The molecule has 4 aromatic carbocycles. The summed E-state index contributed by atoms with van der Waals surface area (Å²) >= 11 is 1.86. The van der Waals surface area contributed by atoms with Crippen molar-refractivity contribution in [3.8, 4) is 11.5 Å². The van der Waals surface area contributed by atoms with Gasteiger partial charge in [-0.3, -0.25) is 10.9 Å². The van der Waals surface area contributed by atoms with Crippen LogP contribution in [0.2, 0.25) is 0 Å². The van der Waals surface area contributed by atoms with Crippen molar-refractivity contribution in [2.75, 3.05) is 9.80 Å². The summed E-state index contributed by atoms with van der Waals surface area (Å²) in [4.78, 5) is 12.7. The third kappa shape index (κ3) is 3.42. The van der Waals surface area contributed by atoms with Crippen molar-refractivity contribution in [1.29, 1.82) is 0 Å². The standard InChI is InChI=1S/C34H30N8OS/c1-5-13-29-21(9-1)41(22-10-2-6-14-30(22)43-29)27-17-25-26(40-20-36-38-34(40)33-37-35-19-39(25)33)18-28(27)42-23-11-3-7-15-31(23)44-32-16-8-4-12-24(32)42/h1-16,19-20,25-28,33-34,37-38H,17-18H2. The zero-order chi connectivity index (χ0) is 28.8. The van der Waals surface area contributed by atoms with Crippen LogP contribution in [0.25, 0.3) is 0 Å². The first-order valence-electron chi connectivity index (χ1n) is 15.3. The number of para-hydroxylation sites is 6. The van der Waals surface area contributed by atoms with E-state index in [-0.39, 0.29) is 36.5 Å². The number of hydrogen-bond donors (Lipinski definition) is 2. The Hall–Kier alpha value is -4.83. The second-order valence-corrected chi connectivity index (χ2v) is 13.2. The van der Waals surface area contributed by atoms with Crippen LogP contribution in [0.15, 0.2) is 117 Å². The van der Waals surface area contributed by atoms with Gasteiger partial charge in [-0.15, -0.1) is 0 Å². The highest BCUT2D eigenvalue weighted by molar-refractivity contribution is 7.99. The second-order valence-electron chi connectivity index (χ2n) is 12.1. The molecule has 1 aliphatic carbocycles. The number of hydrogen-bond acceptors (Lipinski definition) is 10. The number of piperazine rings is 1. The Labute approximate surface area is 259 Å². The van der Waals surface area contributed by atoms with E-state index >= 15 is 0 Å². The van der Waals surface area contributed by atoms with Crippen molar-refractivity contribution >= 4 is 47.2 Å². The molecule has 4 aromatic rings. The molecule has 44 heavy (non-hydrogen) atoms. The summed E-state index contributed by atoms with van der Waals surface area (Å²) in [5.74, 6) is 1.79. The Balaban J connectivity index is 1.19. The Morgan fingerprint density at radius 2 is 0.977 bits per heavy atom. The summed E-state index contributed by atoms with van der Waals surface area (Å²) in [6.45, 7) is 0. The number of fused-ring (bicyclic) bond motifs is 10. The van der Waals surface area contributed by atoms with Crippen molar-refractivity contribution in [1.82, 2.24) is 20.7 Å². The summed E-state index contributed by atoms with van der Waals surface area (Å²) in [5, 5.41) is 9.08. The third-order valence-electron chi connectivity index (χ3n) is 9.96. The first-order chi connectivity index (χ1) is 21.8. The molecule has 0 spiro atoms. The minimum absolute atomic E-state index is 0.0213. The van der Waals surface area contributed by atoms with Gasteiger partial charge in [-0.25, -0.2) is 0 Å². The summed E-state index contributed by atoms with van der Waals surface area (Å²) < 4.78 is 6.49. The number of hydrazone groups is 2. The van der Waals surface area contributed by atoms with Gasteiger partial charge in [0.05, 0.1) is 46.9 Å². The van der Waals surface area contributed by atoms with Gasteiger partial charge in [0.1, 0.15) is 12.7 Å². The average Bonchev–Trinajstić information content (AvgIpc) is 3.76. The molecular weight excluding hydrogens is 568 g/mol. The normalized spacial score (nSPS) is 28.4. The van der Waals surface area contributed by atoms with Gasteiger partial charge in [-0.05, 0) is 61.4 Å². The molecule has 0 radical (unpaired) electrons. The molecule has 218 valence electrons. The Kier molecular flexibility index (Phi) is 5.22. The van der Waals surface area contributed by atoms with Crippen LogP contribution in [0.1, 0.15) is 12.8 Å². The Morgan fingerprint density at radius 3 is 1.50 bits per heavy atom. The Bertz CT molecular complexity index is 1620. The molecule has 5 aliphatic heterocycles. The predicted octanol–water partition coefficient (Wildman–Crippen LogP) is 5.86. The largest absolute Gasteiger partial charge is 0.453 e. The number of ether oxygens (including phenoxy) is 1. The van der Waals surface area contributed by atoms with Gasteiger partial charge in [0.15, 0.2) is 23.8 Å². The van der Waals surface area contributed by atoms with Gasteiger partial charge in [-0.1, -0.05) is 60.3 Å². The molecule has 1 saturated heterocycles. The van der Waals surface area contributed by atoms with Crippen LogP contribution in [0.3, 0.4) is 0 Å². The lowest BCUT2D eigenvalue weighted by molar-refractivity contribution is -0.0130. The molecule has 6 aliphatic rings. The van der Waals surface area contributed by atoms with Crippen molar-refractivity contribution in [2.45, 2.75) is 59.1 Å². The lowest BCUT2D eigenvalue weighted by Crippen LogP contribution is -2.74. The molecule has 5 heterocycles. The molecule has 6 atom stereocenters. The first kappa shape index (κ1) is 24.6. The zero-order valence-electron chi connectivity index (χ0n) is 23.8. The van der Waals surface area contributed by atoms with Crippen LogP contribution in [0, 0.1) is 0 Å². The zero-order valence-corrected chi connectivity index (χ0v) is 24.6. The number of nitrogens with one attached hydrogen (secondary N) is 2. The molecule has 9 nitrogen and oxygen atoms in total. The number of rotatable bonds is 2. The van der Waals surface area contributed by atoms with Crippen LogP contribution >= 0.6 is 11.8 Å². The topological polar surface area (TPSA) is 71.0 Å². The fourth-order valence-corrected chi connectivity index (χ4v) is 9.25. The number of nitrogens with zero attached hydrogens (tertiary/aromatic N) is 6. The molecule has 10 heteroatoms. The van der Waals surface area contributed by atoms with Gasteiger partial charge in [-0.2, -0.15) is 10.2 Å². The van der Waals surface area contributed by atoms with E-state index in [0.29, 0.717) is 0 Å². The lowest BCUT2D eigenvalue weighted by Gasteiger charge is -2.58. The van der Waals surface area contributed by atoms with E-state index in [1.165, 1.54) is 21.2 Å². The SMILES string of the molecule is C1=NNC2C3NN=CN3C3CC(N4c5ccccc5Sc5ccccc54)C(N4c5ccccc5Oc5ccccc54)CC3N12. The smallest absolute Gasteiger partial charge is 0.157 e. The number of anilines is 4. The molecular formula is C34H30N8OS. The summed E-state index contributed by atoms with van der Waals surface area (Å²) in [5.41, 5.74) is 11.5. The number of benzene rings is 4. The molecule has 0 amide bonds. The van der Waals surface area contributed by atoms with Crippen LogP contribution in [-0.4, -0.2) is 59.0 Å². The van der Waals surface area contributed by atoms with Crippen LogP contribution < -0.4 is 25.4 Å². The van der Waals surface area contributed by atoms with Gasteiger partial charge < -0.3 is 24.3 Å². The highest BCUT2D eigenvalue weighted by Gasteiger charge is 2.56. The highest BCUT2D eigenvalue weighted by Crippen LogP contribution is 2.55. The molecule has 0 aromatic heterocycles. The maximum atomic E-state index is 6.49. The van der Waals surface area contributed by atoms with E-state index in [2.05, 4.69) is 138 Å². The molecule has 2 fully saturated rings. The van der Waals surface area contributed by atoms with E-state index in [1.807, 2.05) is 24.4 Å². The fraction of sp³-hybridized carbons (Fsp3) is 0.235. The Morgan fingerprint density at radius 1 is 0.545 bits per heavy atom. The molecule has 10 rings (SSSR count). The van der Waals surface area contributed by atoms with Crippen molar-refractivity contribution < 1.29 is 4.74 Å². The minimum atomic E-state index is 0.0213. The lowest BCUT2D eigenvalue weighted by atomic mass is 9.77. The van der Waals surface area contributed by atoms with Crippen molar-refractivity contribution in [2.24, 2.45) is 10.2 Å². The van der Waals surface area contributed by atoms with Gasteiger partial charge in [0.2, 0.25) is 0 Å². The van der Waals surface area contributed by atoms with Crippen molar-refractivity contribution in [3.05, 3.63) is 97.1 Å². The van der Waals surface area contributed by atoms with E-state index in [0.717, 1.165) is 35.7 Å². The average molecular weight is 599 g/mol. The van der Waals surface area contributed by atoms with E-state index in [4.69, 9.17) is 4.74 Å². The van der Waals surface area contributed by atoms with Gasteiger partial charge >= 0.3 is 0 Å². The summed E-state index contributed by atoms with van der Waals surface area (Å²) in [7, 11) is 0. The van der Waals surface area contributed by atoms with Crippen LogP contribution in [0.5, 0.6) is 11.5 Å². The fourth-order valence-electron chi connectivity index (χ4n) is 8.18. The molecule has 0 bridgehead atoms. The highest BCUT2D eigenvalue weighted by atomic mass is 32.2. The monoisotopic (exact) mass is 598 g/mol. The van der Waals surface area contributed by atoms with Crippen molar-refractivity contribution in [3.63, 3.8) is 0 Å². The quantitative estimate of drug-likeness (QED) is 0.297. The van der Waals surface area contributed by atoms with Crippen LogP contribution in [0.4, 0.5) is 22.7 Å². The maximum Gasteiger partial charge on any atom is 0.157 e. The van der Waals surface area contributed by atoms with E-state index < -0.39 is 0 Å². The summed E-state index contributed by atoms with van der Waals surface area (Å²) in [6, 6.07) is 35.4. The summed E-state index contributed by atoms with van der Waals surface area (Å²) in [6.07, 6.45) is 5.91. The maximum absolute atomic E-state index is 6.49. The van der Waals surface area contributed by atoms with Gasteiger partial charge in [0, 0.05) is 9.79 Å².